The fourth-order valence-corrected chi connectivity index (χ4v) is 1.69. The Morgan fingerprint density at radius 1 is 1.11 bits per heavy atom. The topological polar surface area (TPSA) is 64.7 Å². The zero-order valence-electron chi connectivity index (χ0n) is 10.7. The molecule has 2 aromatic rings. The number of hydrogen-bond acceptors (Lipinski definition) is 4. The Kier molecular flexibility index (Phi) is 4.26. The first-order valence-corrected chi connectivity index (χ1v) is 6.00. The van der Waals surface area contributed by atoms with E-state index in [2.05, 4.69) is 0 Å². The number of rotatable bonds is 5. The van der Waals surface area contributed by atoms with E-state index in [0.29, 0.717) is 12.4 Å². The minimum absolute atomic E-state index is 0.227. The molecule has 4 heteroatoms. The molecule has 0 aromatic heterocycles. The molecule has 0 amide bonds. The Morgan fingerprint density at radius 3 is 2.47 bits per heavy atom. The first-order chi connectivity index (χ1) is 9.19. The largest absolute Gasteiger partial charge is 0.508 e. The lowest BCUT2D eigenvalue weighted by molar-refractivity contribution is 0.288. The quantitative estimate of drug-likeness (QED) is 0.865. The third-order valence-corrected chi connectivity index (χ3v) is 2.79. The van der Waals surface area contributed by atoms with Crippen molar-refractivity contribution in [2.24, 2.45) is 5.73 Å². The van der Waals surface area contributed by atoms with E-state index in [4.69, 9.17) is 15.2 Å². The summed E-state index contributed by atoms with van der Waals surface area (Å²) in [6.07, 6.45) is 0. The fourth-order valence-electron chi connectivity index (χ4n) is 1.69. The summed E-state index contributed by atoms with van der Waals surface area (Å²) in [6.45, 7) is 0.359. The lowest BCUT2D eigenvalue weighted by Crippen LogP contribution is -2.18. The highest BCUT2D eigenvalue weighted by molar-refractivity contribution is 5.33. The number of ether oxygens (including phenoxy) is 2. The molecule has 0 aliphatic carbocycles. The van der Waals surface area contributed by atoms with Gasteiger partial charge in [-0.05, 0) is 29.8 Å². The van der Waals surface area contributed by atoms with Crippen LogP contribution in [0, 0.1) is 0 Å². The van der Waals surface area contributed by atoms with Crippen LogP contribution in [0.5, 0.6) is 17.2 Å². The van der Waals surface area contributed by atoms with Gasteiger partial charge in [-0.2, -0.15) is 0 Å². The van der Waals surface area contributed by atoms with Crippen molar-refractivity contribution in [3.8, 4) is 17.2 Å². The Balaban J connectivity index is 1.96. The lowest BCUT2D eigenvalue weighted by atomic mass is 10.1. The van der Waals surface area contributed by atoms with Gasteiger partial charge in [-0.3, -0.25) is 0 Å². The molecule has 0 spiro atoms. The summed E-state index contributed by atoms with van der Waals surface area (Å²) in [5.41, 5.74) is 6.94. The zero-order chi connectivity index (χ0) is 13.7. The first kappa shape index (κ1) is 13.2. The molecule has 0 aliphatic heterocycles. The van der Waals surface area contributed by atoms with Crippen LogP contribution in [-0.4, -0.2) is 18.8 Å². The van der Waals surface area contributed by atoms with Crippen molar-refractivity contribution in [3.05, 3.63) is 54.1 Å². The summed E-state index contributed by atoms with van der Waals surface area (Å²) in [5.74, 6) is 1.69. The van der Waals surface area contributed by atoms with Crippen molar-refractivity contribution in [1.29, 1.82) is 0 Å². The van der Waals surface area contributed by atoms with Crippen molar-refractivity contribution in [3.63, 3.8) is 0 Å². The minimum Gasteiger partial charge on any atom is -0.508 e. The van der Waals surface area contributed by atoms with Gasteiger partial charge in [-0.1, -0.05) is 18.2 Å². The van der Waals surface area contributed by atoms with Crippen molar-refractivity contribution in [2.45, 2.75) is 6.04 Å². The van der Waals surface area contributed by atoms with Crippen molar-refractivity contribution in [2.75, 3.05) is 13.7 Å². The molecule has 1 atom stereocenters. The standard InChI is InChI=1S/C15H17NO3/c1-18-13-3-2-4-14(9-13)19-10-15(16)11-5-7-12(17)8-6-11/h2-9,15,17H,10,16H2,1H3. The monoisotopic (exact) mass is 259 g/mol. The van der Waals surface area contributed by atoms with E-state index in [1.165, 1.54) is 0 Å². The van der Waals surface area contributed by atoms with Crippen LogP contribution in [0.15, 0.2) is 48.5 Å². The summed E-state index contributed by atoms with van der Waals surface area (Å²) in [4.78, 5) is 0. The smallest absolute Gasteiger partial charge is 0.123 e. The number of benzene rings is 2. The van der Waals surface area contributed by atoms with Gasteiger partial charge in [0.1, 0.15) is 23.9 Å². The SMILES string of the molecule is COc1cccc(OCC(N)c2ccc(O)cc2)c1. The number of nitrogens with two attached hydrogens (primary N) is 1. The Bertz CT molecular complexity index is 525. The van der Waals surface area contributed by atoms with Crippen LogP contribution in [0.2, 0.25) is 0 Å². The molecule has 0 bridgehead atoms. The maximum atomic E-state index is 9.22. The second-order valence-corrected chi connectivity index (χ2v) is 4.19. The van der Waals surface area contributed by atoms with Gasteiger partial charge in [0.25, 0.3) is 0 Å². The van der Waals surface area contributed by atoms with Gasteiger partial charge >= 0.3 is 0 Å². The normalized spacial score (nSPS) is 11.9. The van der Waals surface area contributed by atoms with Crippen molar-refractivity contribution < 1.29 is 14.6 Å². The summed E-state index contributed by atoms with van der Waals surface area (Å²) in [5, 5.41) is 9.22. The molecule has 1 unspecified atom stereocenters. The van der Waals surface area contributed by atoms with Crippen LogP contribution in [0.4, 0.5) is 0 Å². The second kappa shape index (κ2) is 6.11. The average molecular weight is 259 g/mol. The van der Waals surface area contributed by atoms with Crippen molar-refractivity contribution >= 4 is 0 Å². The van der Waals surface area contributed by atoms with Gasteiger partial charge in [0, 0.05) is 6.07 Å². The molecule has 0 fully saturated rings. The van der Waals surface area contributed by atoms with Crippen LogP contribution in [0.3, 0.4) is 0 Å². The van der Waals surface area contributed by atoms with Gasteiger partial charge in [-0.25, -0.2) is 0 Å². The van der Waals surface area contributed by atoms with Gasteiger partial charge in [-0.15, -0.1) is 0 Å². The molecule has 0 saturated carbocycles. The summed E-state index contributed by atoms with van der Waals surface area (Å²) >= 11 is 0. The molecule has 0 heterocycles. The summed E-state index contributed by atoms with van der Waals surface area (Å²) < 4.78 is 10.7. The van der Waals surface area contributed by atoms with Gasteiger partial charge in [0.15, 0.2) is 0 Å². The number of methoxy groups -OCH3 is 1. The number of phenolic OH excluding ortho intramolecular Hbond substituents is 1. The van der Waals surface area contributed by atoms with Gasteiger partial charge < -0.3 is 20.3 Å². The molecule has 4 nitrogen and oxygen atoms in total. The van der Waals surface area contributed by atoms with E-state index in [1.54, 1.807) is 31.4 Å². The molecule has 19 heavy (non-hydrogen) atoms. The van der Waals surface area contributed by atoms with Crippen LogP contribution >= 0.6 is 0 Å². The Hall–Kier alpha value is -2.20. The summed E-state index contributed by atoms with van der Waals surface area (Å²) in [7, 11) is 1.61. The predicted octanol–water partition coefficient (Wildman–Crippen LogP) is 2.48. The highest BCUT2D eigenvalue weighted by Crippen LogP contribution is 2.21. The molecule has 3 N–H and O–H groups in total. The Morgan fingerprint density at radius 2 is 1.79 bits per heavy atom. The third kappa shape index (κ3) is 3.63. The fraction of sp³-hybridized carbons (Fsp3) is 0.200. The van der Waals surface area contributed by atoms with Crippen LogP contribution in [0.25, 0.3) is 0 Å². The Labute approximate surface area is 112 Å². The predicted molar refractivity (Wildman–Crippen MR) is 73.5 cm³/mol. The lowest BCUT2D eigenvalue weighted by Gasteiger charge is -2.14. The van der Waals surface area contributed by atoms with E-state index < -0.39 is 0 Å². The maximum Gasteiger partial charge on any atom is 0.123 e. The molecule has 0 saturated heterocycles. The minimum atomic E-state index is -0.244. The molecular formula is C15H17NO3. The molecule has 0 radical (unpaired) electrons. The number of phenols is 1. The molecule has 0 aliphatic rings. The van der Waals surface area contributed by atoms with E-state index in [9.17, 15) is 5.11 Å². The first-order valence-electron chi connectivity index (χ1n) is 6.00. The zero-order valence-corrected chi connectivity index (χ0v) is 10.7. The highest BCUT2D eigenvalue weighted by Gasteiger charge is 2.07. The van der Waals surface area contributed by atoms with E-state index in [0.717, 1.165) is 11.3 Å². The summed E-state index contributed by atoms with van der Waals surface area (Å²) in [6, 6.07) is 13.9. The molecule has 2 rings (SSSR count). The van der Waals surface area contributed by atoms with Crippen LogP contribution in [-0.2, 0) is 0 Å². The number of hydrogen-bond donors (Lipinski definition) is 2. The van der Waals surface area contributed by atoms with Crippen LogP contribution in [0.1, 0.15) is 11.6 Å². The van der Waals surface area contributed by atoms with Crippen molar-refractivity contribution in [1.82, 2.24) is 0 Å². The average Bonchev–Trinajstić information content (AvgIpc) is 2.46. The van der Waals surface area contributed by atoms with Gasteiger partial charge in [0.2, 0.25) is 0 Å². The highest BCUT2D eigenvalue weighted by atomic mass is 16.5. The van der Waals surface area contributed by atoms with Crippen LogP contribution < -0.4 is 15.2 Å². The third-order valence-electron chi connectivity index (χ3n) is 2.79. The van der Waals surface area contributed by atoms with E-state index >= 15 is 0 Å². The molecule has 100 valence electrons. The van der Waals surface area contributed by atoms with E-state index in [1.807, 2.05) is 24.3 Å². The van der Waals surface area contributed by atoms with Gasteiger partial charge in [0.05, 0.1) is 13.2 Å². The number of aromatic hydroxyl groups is 1. The van der Waals surface area contributed by atoms with E-state index in [-0.39, 0.29) is 11.8 Å². The second-order valence-electron chi connectivity index (χ2n) is 4.19. The molecular weight excluding hydrogens is 242 g/mol. The maximum absolute atomic E-state index is 9.22. The molecule has 2 aromatic carbocycles.